The largest absolute Gasteiger partial charge is 0.493 e. The van der Waals surface area contributed by atoms with Crippen molar-refractivity contribution in [2.24, 2.45) is 15.9 Å². The molecule has 0 spiro atoms. The van der Waals surface area contributed by atoms with Crippen molar-refractivity contribution in [2.45, 2.75) is 31.2 Å². The molecule has 0 aliphatic heterocycles. The minimum atomic E-state index is -3.97. The van der Waals surface area contributed by atoms with Crippen LogP contribution in [0.4, 0.5) is 5.69 Å². The quantitative estimate of drug-likeness (QED) is 0.246. The molecule has 0 aromatic heterocycles. The van der Waals surface area contributed by atoms with Crippen molar-refractivity contribution in [3.63, 3.8) is 0 Å². The van der Waals surface area contributed by atoms with Crippen molar-refractivity contribution in [2.75, 3.05) is 32.8 Å². The van der Waals surface area contributed by atoms with Crippen molar-refractivity contribution < 1.29 is 32.2 Å². The highest BCUT2D eigenvalue weighted by Crippen LogP contribution is 2.27. The van der Waals surface area contributed by atoms with Gasteiger partial charge in [0.1, 0.15) is 0 Å². The zero-order chi connectivity index (χ0) is 26.9. The van der Waals surface area contributed by atoms with Crippen LogP contribution in [0.25, 0.3) is 0 Å². The second-order valence-electron chi connectivity index (χ2n) is 7.61. The van der Waals surface area contributed by atoms with Crippen molar-refractivity contribution in [1.82, 2.24) is 5.32 Å². The second-order valence-corrected chi connectivity index (χ2v) is 9.18. The molecule has 0 aliphatic carbocycles. The van der Waals surface area contributed by atoms with Gasteiger partial charge in [-0.05, 0) is 49.2 Å². The van der Waals surface area contributed by atoms with Crippen LogP contribution in [0.1, 0.15) is 18.1 Å². The van der Waals surface area contributed by atoms with Crippen LogP contribution >= 0.6 is 0 Å². The summed E-state index contributed by atoms with van der Waals surface area (Å²) in [6, 6.07) is 8.02. The fourth-order valence-corrected chi connectivity index (χ4v) is 3.63. The molecule has 2 amide bonds. The van der Waals surface area contributed by atoms with Gasteiger partial charge in [0.2, 0.25) is 15.9 Å². The molecule has 0 aliphatic rings. The van der Waals surface area contributed by atoms with E-state index in [9.17, 15) is 18.0 Å². The van der Waals surface area contributed by atoms with Crippen LogP contribution in [0.15, 0.2) is 46.3 Å². The molecule has 0 bridgehead atoms. The predicted octanol–water partition coefficient (Wildman–Crippen LogP) is 0.677. The number of sulfonamides is 1. The molecule has 0 heterocycles. The van der Waals surface area contributed by atoms with Gasteiger partial charge in [0.15, 0.2) is 23.5 Å². The number of aliphatic imine (C=N–C) groups is 1. The number of anilines is 1. The molecule has 0 saturated heterocycles. The van der Waals surface area contributed by atoms with E-state index >= 15 is 0 Å². The Balaban J connectivity index is 2.15. The summed E-state index contributed by atoms with van der Waals surface area (Å²) in [6.45, 7) is 3.62. The summed E-state index contributed by atoms with van der Waals surface area (Å²) in [5.41, 5.74) is 7.37. The maximum atomic E-state index is 12.9. The van der Waals surface area contributed by atoms with E-state index < -0.39 is 27.9 Å². The number of primary sulfonamides is 1. The first-order valence-electron chi connectivity index (χ1n) is 10.8. The number of ether oxygens (including phenoxy) is 3. The summed E-state index contributed by atoms with van der Waals surface area (Å²) in [4.78, 5) is 29.3. The second kappa shape index (κ2) is 12.9. The van der Waals surface area contributed by atoms with Gasteiger partial charge in [-0.15, -0.1) is 0 Å². The molecular weight excluding hydrogens is 490 g/mol. The van der Waals surface area contributed by atoms with Crippen LogP contribution in [0, 0.1) is 6.92 Å². The Morgan fingerprint density at radius 2 is 1.78 bits per heavy atom. The average molecular weight is 522 g/mol. The third-order valence-corrected chi connectivity index (χ3v) is 5.86. The van der Waals surface area contributed by atoms with Crippen LogP contribution in [-0.4, -0.2) is 59.7 Å². The van der Waals surface area contributed by atoms with Gasteiger partial charge >= 0.3 is 0 Å². The molecule has 0 fully saturated rings. The molecule has 2 aromatic rings. The Morgan fingerprint density at radius 3 is 2.39 bits per heavy atom. The summed E-state index contributed by atoms with van der Waals surface area (Å²) in [6.07, 6.45) is -0.0293. The van der Waals surface area contributed by atoms with Crippen LogP contribution in [-0.2, 0) is 30.8 Å². The lowest BCUT2D eigenvalue weighted by molar-refractivity contribution is -0.120. The highest BCUT2D eigenvalue weighted by atomic mass is 32.2. The van der Waals surface area contributed by atoms with Crippen molar-refractivity contribution in [3.8, 4) is 11.5 Å². The Hall–Kier alpha value is -3.68. The van der Waals surface area contributed by atoms with Crippen LogP contribution in [0.5, 0.6) is 11.5 Å². The van der Waals surface area contributed by atoms with Gasteiger partial charge in [-0.3, -0.25) is 14.9 Å². The maximum absolute atomic E-state index is 12.9. The fourth-order valence-electron chi connectivity index (χ4n) is 3.09. The number of hydrogen-bond acceptors (Lipinski definition) is 8. The minimum Gasteiger partial charge on any atom is -0.493 e. The van der Waals surface area contributed by atoms with Crippen molar-refractivity contribution in [3.05, 3.63) is 47.5 Å². The van der Waals surface area contributed by atoms with Gasteiger partial charge in [-0.25, -0.2) is 18.5 Å². The summed E-state index contributed by atoms with van der Waals surface area (Å²) < 4.78 is 39.1. The molecule has 6 N–H and O–H groups in total. The SMILES string of the molecule is CCOC[C@@H](N=C(N)NC(=O)Cc1ccc(OC)c(OC)c1)C(=O)Nc1cc(S(N)(=O)=O)ccc1C. The Kier molecular flexibility index (Phi) is 10.2. The number of carbonyl (C=O) groups excluding carboxylic acids is 2. The van der Waals surface area contributed by atoms with Gasteiger partial charge in [-0.2, -0.15) is 0 Å². The van der Waals surface area contributed by atoms with Gasteiger partial charge in [0, 0.05) is 12.3 Å². The van der Waals surface area contributed by atoms with E-state index in [-0.39, 0.29) is 29.6 Å². The zero-order valence-electron chi connectivity index (χ0n) is 20.5. The van der Waals surface area contributed by atoms with Crippen LogP contribution in [0.3, 0.4) is 0 Å². The van der Waals surface area contributed by atoms with Crippen molar-refractivity contribution >= 4 is 33.5 Å². The predicted molar refractivity (Wildman–Crippen MR) is 134 cm³/mol. The van der Waals surface area contributed by atoms with E-state index in [1.807, 2.05) is 0 Å². The summed E-state index contributed by atoms with van der Waals surface area (Å²) >= 11 is 0. The molecule has 0 unspecified atom stereocenters. The van der Waals surface area contributed by atoms with Gasteiger partial charge in [-0.1, -0.05) is 12.1 Å². The zero-order valence-corrected chi connectivity index (χ0v) is 21.3. The fraction of sp³-hybridized carbons (Fsp3) is 0.348. The number of benzene rings is 2. The molecule has 2 aromatic carbocycles. The van der Waals surface area contributed by atoms with Crippen LogP contribution in [0.2, 0.25) is 0 Å². The molecule has 0 radical (unpaired) electrons. The number of methoxy groups -OCH3 is 2. The van der Waals surface area contributed by atoms with Gasteiger partial charge < -0.3 is 25.3 Å². The molecule has 12 nitrogen and oxygen atoms in total. The van der Waals surface area contributed by atoms with E-state index in [1.165, 1.54) is 32.4 Å². The van der Waals surface area contributed by atoms with Gasteiger partial charge in [0.25, 0.3) is 5.91 Å². The standard InChI is InChI=1S/C23H31N5O7S/c1-5-35-13-18(22(30)26-17-12-16(36(25,31)32)8-6-14(17)2)27-23(24)28-21(29)11-15-7-9-19(33-3)20(10-15)34-4/h6-10,12,18H,5,11,13H2,1-4H3,(H,26,30)(H2,25,31,32)(H3,24,27,28,29)/t18-/m1/s1. The highest BCUT2D eigenvalue weighted by Gasteiger charge is 2.21. The van der Waals surface area contributed by atoms with Crippen LogP contribution < -0.4 is 31.0 Å². The number of rotatable bonds is 11. The Morgan fingerprint density at radius 1 is 1.08 bits per heavy atom. The Labute approximate surface area is 210 Å². The molecule has 0 saturated carbocycles. The van der Waals surface area contributed by atoms with E-state index in [2.05, 4.69) is 15.6 Å². The first-order chi connectivity index (χ1) is 17.0. The highest BCUT2D eigenvalue weighted by molar-refractivity contribution is 7.89. The van der Waals surface area contributed by atoms with E-state index in [0.29, 0.717) is 29.2 Å². The molecule has 36 heavy (non-hydrogen) atoms. The number of carbonyl (C=O) groups is 2. The monoisotopic (exact) mass is 521 g/mol. The molecule has 196 valence electrons. The van der Waals surface area contributed by atoms with E-state index in [1.54, 1.807) is 32.0 Å². The topological polar surface area (TPSA) is 184 Å². The number of nitrogens with zero attached hydrogens (tertiary/aromatic N) is 1. The lowest BCUT2D eigenvalue weighted by Crippen LogP contribution is -2.41. The maximum Gasteiger partial charge on any atom is 0.251 e. The lowest BCUT2D eigenvalue weighted by atomic mass is 10.1. The number of hydrogen-bond donors (Lipinski definition) is 4. The molecule has 1 atom stereocenters. The third kappa shape index (κ3) is 8.22. The van der Waals surface area contributed by atoms with Gasteiger partial charge in [0.05, 0.1) is 32.1 Å². The number of guanidine groups is 1. The third-order valence-electron chi connectivity index (χ3n) is 4.95. The molecule has 13 heteroatoms. The number of amides is 2. The molecular formula is C23H31N5O7S. The number of aryl methyl sites for hydroxylation is 1. The lowest BCUT2D eigenvalue weighted by Gasteiger charge is -2.16. The van der Waals surface area contributed by atoms with E-state index in [0.717, 1.165) is 0 Å². The molecule has 2 rings (SSSR count). The first kappa shape index (κ1) is 28.6. The smallest absolute Gasteiger partial charge is 0.251 e. The number of nitrogens with two attached hydrogens (primary N) is 2. The first-order valence-corrected chi connectivity index (χ1v) is 12.4. The summed E-state index contributed by atoms with van der Waals surface area (Å²) in [7, 11) is -0.968. The minimum absolute atomic E-state index is 0.0293. The average Bonchev–Trinajstić information content (AvgIpc) is 2.81. The normalized spacial score (nSPS) is 12.5. The van der Waals surface area contributed by atoms with E-state index in [4.69, 9.17) is 25.1 Å². The summed E-state index contributed by atoms with van der Waals surface area (Å²) in [5.74, 6) is -0.363. The Bertz CT molecular complexity index is 1230. The van der Waals surface area contributed by atoms with Crippen molar-refractivity contribution in [1.29, 1.82) is 0 Å². The number of nitrogens with one attached hydrogen (secondary N) is 2. The summed E-state index contributed by atoms with van der Waals surface area (Å²) in [5, 5.41) is 10.2.